The van der Waals surface area contributed by atoms with E-state index in [1.807, 2.05) is 48.6 Å². The Hall–Kier alpha value is -2.65. The van der Waals surface area contributed by atoms with Crippen LogP contribution in [0.4, 0.5) is 0 Å². The van der Waals surface area contributed by atoms with Crippen molar-refractivity contribution in [1.29, 1.82) is 0 Å². The topological polar surface area (TPSA) is 45.4 Å². The third-order valence-corrected chi connectivity index (χ3v) is 3.95. The van der Waals surface area contributed by atoms with Gasteiger partial charge in [-0.1, -0.05) is 24.3 Å². The van der Waals surface area contributed by atoms with Gasteiger partial charge in [0.1, 0.15) is 17.7 Å². The molecule has 1 aliphatic rings. The third-order valence-electron chi connectivity index (χ3n) is 3.95. The number of hydrogen-bond acceptors (Lipinski definition) is 2. The molecule has 2 N–H and O–H groups in total. The average molecular weight is 286 g/mol. The van der Waals surface area contributed by atoms with Crippen LogP contribution >= 0.6 is 0 Å². The van der Waals surface area contributed by atoms with Gasteiger partial charge in [0.05, 0.1) is 17.0 Å². The monoisotopic (exact) mass is 286 g/mol. The van der Waals surface area contributed by atoms with Gasteiger partial charge in [0.2, 0.25) is 0 Å². The number of benzene rings is 2. The molecule has 0 unspecified atom stereocenters. The molecule has 4 rings (SSSR count). The van der Waals surface area contributed by atoms with Crippen LogP contribution in [0.2, 0.25) is 0 Å². The SMILES string of the molecule is OB(O)c1ccc2c(c1)c1c(n2-c2ccccc2)C=C[C+]=C1. The summed E-state index contributed by atoms with van der Waals surface area (Å²) in [5.74, 6) is 0. The Bertz CT molecular complexity index is 908. The van der Waals surface area contributed by atoms with Crippen LogP contribution in [0, 0.1) is 6.08 Å². The lowest BCUT2D eigenvalue weighted by molar-refractivity contribution is 0.426. The second kappa shape index (κ2) is 4.97. The van der Waals surface area contributed by atoms with E-state index < -0.39 is 7.12 Å². The molecule has 104 valence electrons. The minimum absolute atomic E-state index is 0.489. The number of rotatable bonds is 2. The summed E-state index contributed by atoms with van der Waals surface area (Å²) in [4.78, 5) is 0. The van der Waals surface area contributed by atoms with Crippen molar-refractivity contribution in [3.05, 3.63) is 71.9 Å². The number of fused-ring (bicyclic) bond motifs is 3. The number of nitrogens with zero attached hydrogens (tertiary/aromatic N) is 1. The molecule has 0 saturated heterocycles. The lowest BCUT2D eigenvalue weighted by Gasteiger charge is -2.06. The zero-order chi connectivity index (χ0) is 15.1. The van der Waals surface area contributed by atoms with Crippen LogP contribution in [-0.2, 0) is 0 Å². The summed E-state index contributed by atoms with van der Waals surface area (Å²) in [6, 6.07) is 15.6. The maximum atomic E-state index is 9.42. The minimum Gasteiger partial charge on any atom is -0.423 e. The lowest BCUT2D eigenvalue weighted by Crippen LogP contribution is -2.29. The molecule has 0 aliphatic heterocycles. The van der Waals surface area contributed by atoms with Gasteiger partial charge in [-0.05, 0) is 29.7 Å². The maximum Gasteiger partial charge on any atom is 0.488 e. The summed E-state index contributed by atoms with van der Waals surface area (Å²) >= 11 is 0. The molecule has 0 amide bonds. The quantitative estimate of drug-likeness (QED) is 0.560. The highest BCUT2D eigenvalue weighted by Crippen LogP contribution is 2.32. The first-order valence-corrected chi connectivity index (χ1v) is 7.11. The van der Waals surface area contributed by atoms with Crippen molar-refractivity contribution >= 4 is 35.6 Å². The highest BCUT2D eigenvalue weighted by atomic mass is 16.4. The molecule has 22 heavy (non-hydrogen) atoms. The van der Waals surface area contributed by atoms with E-state index in [0.29, 0.717) is 5.46 Å². The van der Waals surface area contributed by atoms with E-state index in [2.05, 4.69) is 22.8 Å². The van der Waals surface area contributed by atoms with Gasteiger partial charge in [-0.2, -0.15) is 0 Å². The smallest absolute Gasteiger partial charge is 0.423 e. The molecule has 1 aromatic heterocycles. The molecule has 3 nitrogen and oxygen atoms in total. The predicted octanol–water partition coefficient (Wildman–Crippen LogP) is 2.15. The van der Waals surface area contributed by atoms with Crippen molar-refractivity contribution in [3.63, 3.8) is 0 Å². The summed E-state index contributed by atoms with van der Waals surface area (Å²) in [6.45, 7) is 0. The van der Waals surface area contributed by atoms with Gasteiger partial charge >= 0.3 is 7.12 Å². The molecule has 0 saturated carbocycles. The average Bonchev–Trinajstić information content (AvgIpc) is 2.89. The Balaban J connectivity index is 2.09. The fourth-order valence-electron chi connectivity index (χ4n) is 2.94. The first-order valence-electron chi connectivity index (χ1n) is 7.11. The summed E-state index contributed by atoms with van der Waals surface area (Å²) in [5.41, 5.74) is 4.72. The van der Waals surface area contributed by atoms with E-state index in [-0.39, 0.29) is 0 Å². The molecular weight excluding hydrogens is 273 g/mol. The van der Waals surface area contributed by atoms with Crippen molar-refractivity contribution in [2.45, 2.75) is 0 Å². The molecule has 4 heteroatoms. The standard InChI is InChI=1S/C18H13BNO2/c21-19(22)13-10-11-18-16(12-13)15-8-4-5-9-17(15)20(18)14-6-2-1-3-7-14/h1-3,5-12,21-22H/q+1. The van der Waals surface area contributed by atoms with Gasteiger partial charge in [0.25, 0.3) is 0 Å². The molecule has 3 aromatic rings. The molecule has 0 radical (unpaired) electrons. The van der Waals surface area contributed by atoms with E-state index in [9.17, 15) is 10.0 Å². The fourth-order valence-corrected chi connectivity index (χ4v) is 2.94. The van der Waals surface area contributed by atoms with Crippen LogP contribution in [0.3, 0.4) is 0 Å². The third kappa shape index (κ3) is 1.91. The number of allylic oxidation sites excluding steroid dienone is 2. The Morgan fingerprint density at radius 3 is 2.59 bits per heavy atom. The normalized spacial score (nSPS) is 12.3. The number of hydrogen-bond donors (Lipinski definition) is 2. The van der Waals surface area contributed by atoms with E-state index in [4.69, 9.17) is 0 Å². The van der Waals surface area contributed by atoms with Gasteiger partial charge in [0, 0.05) is 11.8 Å². The second-order valence-electron chi connectivity index (χ2n) is 5.26. The first kappa shape index (κ1) is 13.0. The van der Waals surface area contributed by atoms with Crippen LogP contribution in [0.5, 0.6) is 0 Å². The Kier molecular flexibility index (Phi) is 2.95. The van der Waals surface area contributed by atoms with Crippen LogP contribution in [0.25, 0.3) is 28.7 Å². The minimum atomic E-state index is -1.47. The highest BCUT2D eigenvalue weighted by molar-refractivity contribution is 6.59. The summed E-state index contributed by atoms with van der Waals surface area (Å²) in [7, 11) is -1.47. The van der Waals surface area contributed by atoms with E-state index in [1.54, 1.807) is 6.07 Å². The number of aromatic nitrogens is 1. The van der Waals surface area contributed by atoms with Crippen molar-refractivity contribution in [1.82, 2.24) is 4.57 Å². The molecule has 2 aromatic carbocycles. The Morgan fingerprint density at radius 1 is 1.00 bits per heavy atom. The second-order valence-corrected chi connectivity index (χ2v) is 5.26. The van der Waals surface area contributed by atoms with Gasteiger partial charge < -0.3 is 10.0 Å². The molecule has 0 spiro atoms. The Labute approximate surface area is 128 Å². The summed E-state index contributed by atoms with van der Waals surface area (Å²) in [6.07, 6.45) is 8.95. The fraction of sp³-hybridized carbons (Fsp3) is 0. The van der Waals surface area contributed by atoms with Crippen LogP contribution in [0.15, 0.2) is 54.6 Å². The molecule has 1 heterocycles. The van der Waals surface area contributed by atoms with Crippen molar-refractivity contribution in [2.75, 3.05) is 0 Å². The van der Waals surface area contributed by atoms with Crippen molar-refractivity contribution in [3.8, 4) is 5.69 Å². The molecule has 0 atom stereocenters. The molecule has 0 fully saturated rings. The number of para-hydroxylation sites is 1. The first-order chi connectivity index (χ1) is 10.8. The van der Waals surface area contributed by atoms with Gasteiger partial charge in [-0.3, -0.25) is 4.57 Å². The lowest BCUT2D eigenvalue weighted by atomic mass is 9.79. The van der Waals surface area contributed by atoms with Crippen LogP contribution in [0.1, 0.15) is 11.3 Å². The maximum absolute atomic E-state index is 9.42. The zero-order valence-electron chi connectivity index (χ0n) is 11.8. The Morgan fingerprint density at radius 2 is 1.82 bits per heavy atom. The van der Waals surface area contributed by atoms with E-state index in [1.165, 1.54) is 0 Å². The van der Waals surface area contributed by atoms with Crippen LogP contribution in [-0.4, -0.2) is 21.7 Å². The zero-order valence-corrected chi connectivity index (χ0v) is 11.8. The predicted molar refractivity (Wildman–Crippen MR) is 89.8 cm³/mol. The van der Waals surface area contributed by atoms with Crippen LogP contribution < -0.4 is 5.46 Å². The summed E-state index contributed by atoms with van der Waals surface area (Å²) in [5, 5.41) is 19.8. The summed E-state index contributed by atoms with van der Waals surface area (Å²) < 4.78 is 2.17. The largest absolute Gasteiger partial charge is 0.488 e. The highest BCUT2D eigenvalue weighted by Gasteiger charge is 2.24. The van der Waals surface area contributed by atoms with E-state index in [0.717, 1.165) is 27.8 Å². The molecule has 1 aliphatic carbocycles. The van der Waals surface area contributed by atoms with E-state index >= 15 is 0 Å². The van der Waals surface area contributed by atoms with Crippen molar-refractivity contribution in [2.24, 2.45) is 0 Å². The van der Waals surface area contributed by atoms with Gasteiger partial charge in [-0.25, -0.2) is 0 Å². The van der Waals surface area contributed by atoms with Gasteiger partial charge in [0.15, 0.2) is 5.69 Å². The van der Waals surface area contributed by atoms with Crippen molar-refractivity contribution < 1.29 is 10.0 Å². The van der Waals surface area contributed by atoms with Gasteiger partial charge in [-0.15, -0.1) is 0 Å². The molecular formula is C18H13BNO2+. The molecule has 0 bridgehead atoms.